The highest BCUT2D eigenvalue weighted by Crippen LogP contribution is 2.46. The standard InChI is InChI=1S/C26H33F2N3/c1-7-10-24(30-18(4)29-5)22(16-31(6)25-15-19(25)8-2)17(3)20-11-9-12-23-21(20)13-14-26(23,27)28/h7,9-12,16-17,19,25H,1,5,8,13-15H2,2-4,6H3/b22-16-,24-10+,30-18-. The zero-order valence-corrected chi connectivity index (χ0v) is 19.0. The number of amidine groups is 1. The summed E-state index contributed by atoms with van der Waals surface area (Å²) < 4.78 is 28.8. The Bertz CT molecular complexity index is 942. The number of allylic oxidation sites excluding steroid dienone is 3. The van der Waals surface area contributed by atoms with Crippen molar-refractivity contribution < 1.29 is 8.78 Å². The first-order chi connectivity index (χ1) is 14.7. The van der Waals surface area contributed by atoms with Gasteiger partial charge >= 0.3 is 0 Å². The Kier molecular flexibility index (Phi) is 6.93. The molecule has 5 heteroatoms. The molecule has 0 amide bonds. The lowest BCUT2D eigenvalue weighted by Crippen LogP contribution is -2.18. The first-order valence-corrected chi connectivity index (χ1v) is 11.0. The van der Waals surface area contributed by atoms with Gasteiger partial charge in [-0.05, 0) is 49.6 Å². The van der Waals surface area contributed by atoms with Crippen molar-refractivity contribution in [1.82, 2.24) is 4.90 Å². The summed E-state index contributed by atoms with van der Waals surface area (Å²) in [6.45, 7) is 13.5. The largest absolute Gasteiger partial charge is 0.377 e. The highest BCUT2D eigenvalue weighted by molar-refractivity contribution is 5.85. The Hall–Kier alpha value is -2.56. The summed E-state index contributed by atoms with van der Waals surface area (Å²) in [5, 5.41) is 0. The van der Waals surface area contributed by atoms with Gasteiger partial charge in [0.05, 0.1) is 5.70 Å². The van der Waals surface area contributed by atoms with Crippen LogP contribution in [0, 0.1) is 5.92 Å². The van der Waals surface area contributed by atoms with Crippen molar-refractivity contribution in [2.75, 3.05) is 7.05 Å². The molecule has 0 heterocycles. The number of rotatable bonds is 8. The van der Waals surface area contributed by atoms with Gasteiger partial charge in [0.1, 0.15) is 5.84 Å². The Morgan fingerprint density at radius 3 is 2.74 bits per heavy atom. The number of aliphatic imine (C=N–C) groups is 2. The topological polar surface area (TPSA) is 28.0 Å². The molecule has 1 aromatic rings. The number of benzene rings is 1. The third kappa shape index (κ3) is 4.86. The van der Waals surface area contributed by atoms with Crippen molar-refractivity contribution >= 4 is 12.6 Å². The molecule has 1 aromatic carbocycles. The average Bonchev–Trinajstić information content (AvgIpc) is 3.48. The van der Waals surface area contributed by atoms with E-state index < -0.39 is 5.92 Å². The zero-order valence-electron chi connectivity index (χ0n) is 19.0. The van der Waals surface area contributed by atoms with Gasteiger partial charge in [0.15, 0.2) is 0 Å². The minimum atomic E-state index is -2.75. The van der Waals surface area contributed by atoms with Crippen molar-refractivity contribution in [3.8, 4) is 0 Å². The van der Waals surface area contributed by atoms with Gasteiger partial charge in [-0.2, -0.15) is 0 Å². The van der Waals surface area contributed by atoms with Crippen LogP contribution >= 0.6 is 0 Å². The second-order valence-corrected chi connectivity index (χ2v) is 8.63. The van der Waals surface area contributed by atoms with E-state index in [0.717, 1.165) is 28.8 Å². The second kappa shape index (κ2) is 9.29. The highest BCUT2D eigenvalue weighted by Gasteiger charge is 2.41. The molecule has 0 aliphatic heterocycles. The fraction of sp³-hybridized carbons (Fsp3) is 0.462. The predicted octanol–water partition coefficient (Wildman–Crippen LogP) is 6.63. The van der Waals surface area contributed by atoms with Crippen LogP contribution in [0.3, 0.4) is 0 Å². The normalized spacial score (nSPS) is 23.9. The molecule has 3 unspecified atom stereocenters. The average molecular weight is 426 g/mol. The Balaban J connectivity index is 2.08. The van der Waals surface area contributed by atoms with Gasteiger partial charge in [0.2, 0.25) is 0 Å². The Labute approximate surface area is 185 Å². The van der Waals surface area contributed by atoms with E-state index in [1.165, 1.54) is 6.42 Å². The quantitative estimate of drug-likeness (QED) is 0.261. The maximum absolute atomic E-state index is 14.4. The monoisotopic (exact) mass is 425 g/mol. The van der Waals surface area contributed by atoms with Crippen molar-refractivity contribution in [2.45, 2.75) is 64.3 Å². The van der Waals surface area contributed by atoms with Gasteiger partial charge < -0.3 is 4.90 Å². The summed E-state index contributed by atoms with van der Waals surface area (Å²) in [6.07, 6.45) is 8.28. The Morgan fingerprint density at radius 1 is 1.39 bits per heavy atom. The third-order valence-electron chi connectivity index (χ3n) is 6.59. The molecule has 31 heavy (non-hydrogen) atoms. The molecule has 3 nitrogen and oxygen atoms in total. The summed E-state index contributed by atoms with van der Waals surface area (Å²) in [6, 6.07) is 5.79. The third-order valence-corrected chi connectivity index (χ3v) is 6.59. The van der Waals surface area contributed by atoms with Crippen LogP contribution in [0.5, 0.6) is 0 Å². The highest BCUT2D eigenvalue weighted by atomic mass is 19.3. The summed E-state index contributed by atoms with van der Waals surface area (Å²) >= 11 is 0. The first kappa shape index (κ1) is 23.1. The van der Waals surface area contributed by atoms with Crippen molar-refractivity contribution in [2.24, 2.45) is 15.9 Å². The van der Waals surface area contributed by atoms with Gasteiger partial charge in [0.25, 0.3) is 5.92 Å². The zero-order chi connectivity index (χ0) is 22.8. The first-order valence-electron chi connectivity index (χ1n) is 11.0. The van der Waals surface area contributed by atoms with Crippen LogP contribution in [0.4, 0.5) is 8.78 Å². The van der Waals surface area contributed by atoms with Crippen molar-refractivity contribution in [1.29, 1.82) is 0 Å². The minimum absolute atomic E-state index is 0.113. The molecule has 0 aromatic heterocycles. The van der Waals surface area contributed by atoms with E-state index in [9.17, 15) is 8.78 Å². The SMILES string of the molecule is C=C/C=C(/N=C(/C)N=C)C(=C/N(C)C1CC1CC)\C(C)c1cccc2c1CCC2(F)F. The van der Waals surface area contributed by atoms with Crippen LogP contribution < -0.4 is 0 Å². The van der Waals surface area contributed by atoms with E-state index in [1.807, 2.05) is 12.1 Å². The summed E-state index contributed by atoms with van der Waals surface area (Å²) in [7, 11) is 2.09. The molecule has 3 atom stereocenters. The minimum Gasteiger partial charge on any atom is -0.377 e. The van der Waals surface area contributed by atoms with Gasteiger partial charge in [-0.25, -0.2) is 18.8 Å². The van der Waals surface area contributed by atoms with E-state index in [4.69, 9.17) is 0 Å². The van der Waals surface area contributed by atoms with E-state index in [2.05, 4.69) is 55.3 Å². The van der Waals surface area contributed by atoms with E-state index >= 15 is 0 Å². The molecule has 1 fully saturated rings. The van der Waals surface area contributed by atoms with E-state index in [-0.39, 0.29) is 17.9 Å². The van der Waals surface area contributed by atoms with Crippen LogP contribution in [-0.2, 0) is 12.3 Å². The van der Waals surface area contributed by atoms with Gasteiger partial charge in [0, 0.05) is 42.8 Å². The molecular formula is C26H33F2N3. The number of hydrogen-bond acceptors (Lipinski definition) is 2. The van der Waals surface area contributed by atoms with Crippen LogP contribution in [0.15, 0.2) is 64.4 Å². The van der Waals surface area contributed by atoms with Gasteiger partial charge in [-0.1, -0.05) is 51.1 Å². The number of halogens is 2. The number of alkyl halides is 2. The van der Waals surface area contributed by atoms with Crippen LogP contribution in [0.25, 0.3) is 0 Å². The molecule has 3 rings (SSSR count). The maximum atomic E-state index is 14.4. The lowest BCUT2D eigenvalue weighted by Gasteiger charge is -2.24. The van der Waals surface area contributed by atoms with E-state index in [1.54, 1.807) is 25.1 Å². The Morgan fingerprint density at radius 2 is 2.13 bits per heavy atom. The fourth-order valence-corrected chi connectivity index (χ4v) is 4.62. The molecule has 166 valence electrons. The molecule has 0 spiro atoms. The molecular weight excluding hydrogens is 392 g/mol. The molecule has 2 aliphatic carbocycles. The fourth-order valence-electron chi connectivity index (χ4n) is 4.62. The van der Waals surface area contributed by atoms with Crippen molar-refractivity contribution in [3.63, 3.8) is 0 Å². The summed E-state index contributed by atoms with van der Waals surface area (Å²) in [4.78, 5) is 10.8. The smallest absolute Gasteiger partial charge is 0.273 e. The molecule has 2 aliphatic rings. The lowest BCUT2D eigenvalue weighted by molar-refractivity contribution is -0.00184. The van der Waals surface area contributed by atoms with E-state index in [0.29, 0.717) is 24.2 Å². The molecule has 0 radical (unpaired) electrons. The van der Waals surface area contributed by atoms with Crippen LogP contribution in [-0.4, -0.2) is 30.5 Å². The number of fused-ring (bicyclic) bond motifs is 1. The summed E-state index contributed by atoms with van der Waals surface area (Å²) in [5.74, 6) is -1.62. The number of nitrogens with zero attached hydrogens (tertiary/aromatic N) is 3. The lowest BCUT2D eigenvalue weighted by atomic mass is 9.86. The molecule has 0 N–H and O–H groups in total. The second-order valence-electron chi connectivity index (χ2n) is 8.63. The van der Waals surface area contributed by atoms with Crippen LogP contribution in [0.2, 0.25) is 0 Å². The predicted molar refractivity (Wildman–Crippen MR) is 126 cm³/mol. The summed E-state index contributed by atoms with van der Waals surface area (Å²) in [5.41, 5.74) is 3.57. The molecule has 1 saturated carbocycles. The van der Waals surface area contributed by atoms with Gasteiger partial charge in [-0.15, -0.1) is 0 Å². The van der Waals surface area contributed by atoms with Gasteiger partial charge in [-0.3, -0.25) is 0 Å². The molecule has 0 saturated heterocycles. The molecule has 0 bridgehead atoms. The maximum Gasteiger partial charge on any atom is 0.273 e. The number of hydrogen-bond donors (Lipinski definition) is 0. The van der Waals surface area contributed by atoms with Crippen LogP contribution in [0.1, 0.15) is 62.6 Å². The van der Waals surface area contributed by atoms with Crippen molar-refractivity contribution in [3.05, 3.63) is 71.1 Å².